The molecular formula is C18H18ClFN6. The summed E-state index contributed by atoms with van der Waals surface area (Å²) in [4.78, 5) is 17.2. The lowest BCUT2D eigenvalue weighted by Crippen LogP contribution is -2.12. The standard InChI is InChI=1S/C18H18ClFN6/c1-11(2)22-16-9-17(23-12-6-7-21-13(8-12)10-20)26-18(25-16)14-4-3-5-15(19)24-14/h3-9,11H,10H2,1-2H3,(H2,21,22,23,25,26). The van der Waals surface area contributed by atoms with Gasteiger partial charge in [0.25, 0.3) is 0 Å². The van der Waals surface area contributed by atoms with Crippen molar-refractivity contribution >= 4 is 28.9 Å². The van der Waals surface area contributed by atoms with Gasteiger partial charge in [0, 0.05) is 24.0 Å². The minimum absolute atomic E-state index is 0.192. The van der Waals surface area contributed by atoms with E-state index in [1.807, 2.05) is 13.8 Å². The highest BCUT2D eigenvalue weighted by Crippen LogP contribution is 2.23. The third kappa shape index (κ3) is 4.64. The van der Waals surface area contributed by atoms with Crippen LogP contribution in [0.15, 0.2) is 42.6 Å². The molecule has 0 bridgehead atoms. The second kappa shape index (κ2) is 8.05. The molecule has 3 rings (SSSR count). The molecule has 0 amide bonds. The first-order valence-electron chi connectivity index (χ1n) is 8.10. The molecule has 0 spiro atoms. The average molecular weight is 373 g/mol. The summed E-state index contributed by atoms with van der Waals surface area (Å²) < 4.78 is 12.8. The Labute approximate surface area is 155 Å². The Balaban J connectivity index is 1.99. The van der Waals surface area contributed by atoms with Gasteiger partial charge in [0.2, 0.25) is 0 Å². The molecule has 0 unspecified atom stereocenters. The van der Waals surface area contributed by atoms with Crippen molar-refractivity contribution in [3.63, 3.8) is 0 Å². The van der Waals surface area contributed by atoms with Gasteiger partial charge in [-0.05, 0) is 38.1 Å². The van der Waals surface area contributed by atoms with Gasteiger partial charge < -0.3 is 10.6 Å². The van der Waals surface area contributed by atoms with Crippen molar-refractivity contribution in [3.8, 4) is 11.5 Å². The number of hydrogen-bond donors (Lipinski definition) is 2. The molecule has 0 radical (unpaired) electrons. The number of halogens is 2. The third-order valence-corrected chi connectivity index (χ3v) is 3.54. The molecule has 6 nitrogen and oxygen atoms in total. The largest absolute Gasteiger partial charge is 0.368 e. The molecule has 3 aromatic heterocycles. The molecule has 0 aliphatic heterocycles. The zero-order valence-electron chi connectivity index (χ0n) is 14.4. The second-order valence-electron chi connectivity index (χ2n) is 5.90. The van der Waals surface area contributed by atoms with E-state index in [4.69, 9.17) is 11.6 Å². The molecule has 3 heterocycles. The highest BCUT2D eigenvalue weighted by atomic mass is 35.5. The van der Waals surface area contributed by atoms with E-state index in [0.29, 0.717) is 39.7 Å². The Bertz CT molecular complexity index is 902. The van der Waals surface area contributed by atoms with Crippen LogP contribution in [0.4, 0.5) is 21.7 Å². The van der Waals surface area contributed by atoms with Crippen molar-refractivity contribution in [1.29, 1.82) is 0 Å². The lowest BCUT2D eigenvalue weighted by atomic mass is 10.3. The lowest BCUT2D eigenvalue weighted by molar-refractivity contribution is 0.476. The zero-order chi connectivity index (χ0) is 18.5. The highest BCUT2D eigenvalue weighted by Gasteiger charge is 2.10. The number of pyridine rings is 2. The number of rotatable bonds is 6. The molecule has 0 aliphatic rings. The fourth-order valence-corrected chi connectivity index (χ4v) is 2.47. The summed E-state index contributed by atoms with van der Waals surface area (Å²) in [6.45, 7) is 3.41. The lowest BCUT2D eigenvalue weighted by Gasteiger charge is -2.13. The van der Waals surface area contributed by atoms with Crippen molar-refractivity contribution in [3.05, 3.63) is 53.4 Å². The van der Waals surface area contributed by atoms with E-state index < -0.39 is 6.67 Å². The van der Waals surface area contributed by atoms with Gasteiger partial charge in [0.15, 0.2) is 5.82 Å². The zero-order valence-corrected chi connectivity index (χ0v) is 15.1. The molecule has 0 saturated heterocycles. The predicted molar refractivity (Wildman–Crippen MR) is 101 cm³/mol. The number of aromatic nitrogens is 4. The van der Waals surface area contributed by atoms with Gasteiger partial charge >= 0.3 is 0 Å². The van der Waals surface area contributed by atoms with Crippen LogP contribution >= 0.6 is 11.6 Å². The van der Waals surface area contributed by atoms with Crippen molar-refractivity contribution in [1.82, 2.24) is 19.9 Å². The monoisotopic (exact) mass is 372 g/mol. The minimum Gasteiger partial charge on any atom is -0.368 e. The summed E-state index contributed by atoms with van der Waals surface area (Å²) in [6.07, 6.45) is 1.55. The average Bonchev–Trinajstić information content (AvgIpc) is 2.61. The molecule has 0 fully saturated rings. The van der Waals surface area contributed by atoms with E-state index >= 15 is 0 Å². The third-order valence-electron chi connectivity index (χ3n) is 3.33. The van der Waals surface area contributed by atoms with Crippen LogP contribution in [-0.2, 0) is 6.67 Å². The number of hydrogen-bond acceptors (Lipinski definition) is 6. The van der Waals surface area contributed by atoms with Crippen molar-refractivity contribution in [2.45, 2.75) is 26.6 Å². The quantitative estimate of drug-likeness (QED) is 0.615. The van der Waals surface area contributed by atoms with Crippen LogP contribution in [0.5, 0.6) is 0 Å². The van der Waals surface area contributed by atoms with E-state index in [9.17, 15) is 4.39 Å². The van der Waals surface area contributed by atoms with Gasteiger partial charge in [-0.25, -0.2) is 19.3 Å². The van der Waals surface area contributed by atoms with Gasteiger partial charge in [-0.3, -0.25) is 4.98 Å². The van der Waals surface area contributed by atoms with Crippen LogP contribution in [0, 0.1) is 0 Å². The fourth-order valence-electron chi connectivity index (χ4n) is 2.31. The van der Waals surface area contributed by atoms with Gasteiger partial charge in [-0.1, -0.05) is 17.7 Å². The first-order chi connectivity index (χ1) is 12.5. The fraction of sp³-hybridized carbons (Fsp3) is 0.222. The SMILES string of the molecule is CC(C)Nc1cc(Nc2ccnc(CF)c2)nc(-c2cccc(Cl)n2)n1. The maximum Gasteiger partial charge on any atom is 0.182 e. The molecule has 0 atom stereocenters. The normalized spacial score (nSPS) is 10.8. The van der Waals surface area contributed by atoms with E-state index in [0.717, 1.165) is 0 Å². The molecule has 2 N–H and O–H groups in total. The van der Waals surface area contributed by atoms with Gasteiger partial charge in [0.05, 0.1) is 5.69 Å². The topological polar surface area (TPSA) is 75.6 Å². The first kappa shape index (κ1) is 18.0. The molecule has 0 saturated carbocycles. The van der Waals surface area contributed by atoms with Crippen LogP contribution in [0.3, 0.4) is 0 Å². The molecule has 8 heteroatoms. The van der Waals surface area contributed by atoms with Gasteiger partial charge in [0.1, 0.15) is 29.2 Å². The van der Waals surface area contributed by atoms with E-state index in [-0.39, 0.29) is 6.04 Å². The van der Waals surface area contributed by atoms with E-state index in [1.54, 1.807) is 42.6 Å². The second-order valence-corrected chi connectivity index (χ2v) is 6.29. The van der Waals surface area contributed by atoms with Crippen molar-refractivity contribution in [2.75, 3.05) is 10.6 Å². The summed E-state index contributed by atoms with van der Waals surface area (Å²) >= 11 is 5.98. The number of nitrogens with one attached hydrogen (secondary N) is 2. The Morgan fingerprint density at radius 2 is 1.88 bits per heavy atom. The van der Waals surface area contributed by atoms with Crippen molar-refractivity contribution in [2.24, 2.45) is 0 Å². The van der Waals surface area contributed by atoms with Crippen molar-refractivity contribution < 1.29 is 4.39 Å². The summed E-state index contributed by atoms with van der Waals surface area (Å²) in [5.41, 5.74) is 1.60. The molecule has 134 valence electrons. The molecule has 0 aromatic carbocycles. The summed E-state index contributed by atoms with van der Waals surface area (Å²) in [5, 5.41) is 6.78. The van der Waals surface area contributed by atoms with E-state index in [2.05, 4.69) is 30.6 Å². The smallest absolute Gasteiger partial charge is 0.182 e. The summed E-state index contributed by atoms with van der Waals surface area (Å²) in [7, 11) is 0. The Kier molecular flexibility index (Phi) is 5.58. The minimum atomic E-state index is -0.628. The Hall–Kier alpha value is -2.80. The number of alkyl halides is 1. The first-order valence-corrected chi connectivity index (χ1v) is 8.48. The van der Waals surface area contributed by atoms with Crippen LogP contribution in [0.1, 0.15) is 19.5 Å². The van der Waals surface area contributed by atoms with Crippen LogP contribution in [-0.4, -0.2) is 26.0 Å². The van der Waals surface area contributed by atoms with Crippen LogP contribution < -0.4 is 10.6 Å². The molecule has 26 heavy (non-hydrogen) atoms. The number of nitrogens with zero attached hydrogens (tertiary/aromatic N) is 4. The van der Waals surface area contributed by atoms with Crippen LogP contribution in [0.25, 0.3) is 11.5 Å². The van der Waals surface area contributed by atoms with Gasteiger partial charge in [-0.2, -0.15) is 0 Å². The summed E-state index contributed by atoms with van der Waals surface area (Å²) in [6, 6.07) is 10.6. The number of anilines is 3. The summed E-state index contributed by atoms with van der Waals surface area (Å²) in [5.74, 6) is 1.63. The molecule has 3 aromatic rings. The molecular weight excluding hydrogens is 355 g/mol. The van der Waals surface area contributed by atoms with E-state index in [1.165, 1.54) is 0 Å². The molecule has 0 aliphatic carbocycles. The maximum atomic E-state index is 12.8. The Morgan fingerprint density at radius 1 is 1.08 bits per heavy atom. The van der Waals surface area contributed by atoms with Crippen LogP contribution in [0.2, 0.25) is 5.15 Å². The Morgan fingerprint density at radius 3 is 2.62 bits per heavy atom. The highest BCUT2D eigenvalue weighted by molar-refractivity contribution is 6.29. The predicted octanol–water partition coefficient (Wildman–Crippen LogP) is 4.62. The maximum absolute atomic E-state index is 12.8. The van der Waals surface area contributed by atoms with Gasteiger partial charge in [-0.15, -0.1) is 0 Å².